The molecular weight excluding hydrogens is 464 g/mol. The number of hydrogen-bond acceptors (Lipinski definition) is 8. The van der Waals surface area contributed by atoms with Gasteiger partial charge in [0.1, 0.15) is 33.6 Å². The van der Waals surface area contributed by atoms with E-state index in [0.717, 1.165) is 19.9 Å². The van der Waals surface area contributed by atoms with Crippen LogP contribution in [-0.2, 0) is 19.2 Å². The largest absolute Gasteiger partial charge is 0.509 e. The van der Waals surface area contributed by atoms with E-state index in [-0.39, 0.29) is 5.57 Å². The zero-order chi connectivity index (χ0) is 27.4. The Balaban J connectivity index is 2.56. The first-order valence-electron chi connectivity index (χ1n) is 11.7. The van der Waals surface area contributed by atoms with Crippen molar-refractivity contribution in [1.82, 2.24) is 0 Å². The number of hydrogen-bond donors (Lipinski definition) is 4. The molecule has 0 radical (unpaired) electrons. The van der Waals surface area contributed by atoms with Gasteiger partial charge in [0.05, 0.1) is 0 Å². The van der Waals surface area contributed by atoms with E-state index in [1.54, 1.807) is 32.1 Å². The predicted molar refractivity (Wildman–Crippen MR) is 132 cm³/mol. The van der Waals surface area contributed by atoms with Crippen molar-refractivity contribution in [3.8, 4) is 0 Å². The normalized spacial score (nSPS) is 40.4. The first-order valence-corrected chi connectivity index (χ1v) is 11.7. The number of carbonyl (C=O) groups is 4. The van der Waals surface area contributed by atoms with Gasteiger partial charge in [-0.05, 0) is 53.7 Å². The average Bonchev–Trinajstić information content (AvgIpc) is 2.81. The Morgan fingerprint density at radius 1 is 0.861 bits per heavy atom. The first kappa shape index (κ1) is 27.2. The highest BCUT2D eigenvalue weighted by molar-refractivity contribution is 6.33. The van der Waals surface area contributed by atoms with Gasteiger partial charge in [-0.15, -0.1) is 0 Å². The van der Waals surface area contributed by atoms with Crippen molar-refractivity contribution < 1.29 is 39.6 Å². The van der Waals surface area contributed by atoms with Crippen LogP contribution in [-0.4, -0.2) is 54.8 Å². The second kappa shape index (κ2) is 8.64. The highest BCUT2D eigenvalue weighted by Crippen LogP contribution is 2.70. The molecule has 0 amide bonds. The van der Waals surface area contributed by atoms with Gasteiger partial charge in [-0.3, -0.25) is 19.2 Å². The molecule has 8 nitrogen and oxygen atoms in total. The lowest BCUT2D eigenvalue weighted by molar-refractivity contribution is -0.222. The number of fused-ring (bicyclic) bond motifs is 2. The fourth-order valence-electron chi connectivity index (χ4n) is 6.42. The fourth-order valence-corrected chi connectivity index (χ4v) is 6.42. The monoisotopic (exact) mass is 496 g/mol. The highest BCUT2D eigenvalue weighted by Gasteiger charge is 2.85. The predicted octanol–water partition coefficient (Wildman–Crippen LogP) is 2.94. The van der Waals surface area contributed by atoms with Crippen molar-refractivity contribution in [3.63, 3.8) is 0 Å². The molecule has 36 heavy (non-hydrogen) atoms. The Morgan fingerprint density at radius 2 is 1.39 bits per heavy atom. The molecule has 0 saturated heterocycles. The van der Waals surface area contributed by atoms with E-state index in [0.29, 0.717) is 0 Å². The number of Topliss-reactive ketones (excluding diaryl/α,β-unsaturated/α-hetero) is 3. The molecule has 0 aliphatic heterocycles. The number of allylic oxidation sites excluding steroid dienone is 9. The van der Waals surface area contributed by atoms with Crippen LogP contribution < -0.4 is 0 Å². The van der Waals surface area contributed by atoms with Crippen molar-refractivity contribution in [2.24, 2.45) is 22.7 Å². The van der Waals surface area contributed by atoms with Crippen molar-refractivity contribution in [2.75, 3.05) is 0 Å². The lowest BCUT2D eigenvalue weighted by atomic mass is 9.32. The van der Waals surface area contributed by atoms with Gasteiger partial charge in [-0.1, -0.05) is 36.5 Å². The maximum absolute atomic E-state index is 14.0. The minimum Gasteiger partial charge on any atom is -0.509 e. The van der Waals surface area contributed by atoms with E-state index in [9.17, 15) is 39.6 Å². The van der Waals surface area contributed by atoms with Crippen LogP contribution in [0.3, 0.4) is 0 Å². The summed E-state index contributed by atoms with van der Waals surface area (Å²) in [5, 5.41) is 44.9. The number of ketones is 4. The summed E-state index contributed by atoms with van der Waals surface area (Å²) in [6.45, 7) is 8.03. The standard InChI is InChI=1S/C28H32O8/c1-7-9-11-13-16(29)18-19-20-27(6,36)21(31)15(3)22(32)28(20,17(30)14-12-10-8-2)25(4,23(18)33)24(34)26(19,5)35/h7-14,19-20,29,31,35-36H,1-6H3/b9-7+,10-8+,13-11+,14-12+,18-16-/t19?,20?,25-,26?,27?,28?/m1/s1. The van der Waals surface area contributed by atoms with Crippen LogP contribution in [0.5, 0.6) is 0 Å². The molecule has 192 valence electrons. The van der Waals surface area contributed by atoms with Crippen molar-refractivity contribution in [3.05, 3.63) is 71.3 Å². The van der Waals surface area contributed by atoms with Crippen LogP contribution in [0.15, 0.2) is 71.3 Å². The zero-order valence-corrected chi connectivity index (χ0v) is 21.2. The maximum Gasteiger partial charge on any atom is 0.179 e. The molecule has 4 rings (SSSR count). The molecule has 0 aromatic carbocycles. The van der Waals surface area contributed by atoms with Gasteiger partial charge < -0.3 is 20.4 Å². The van der Waals surface area contributed by atoms with Gasteiger partial charge >= 0.3 is 0 Å². The molecule has 2 bridgehead atoms. The summed E-state index contributed by atoms with van der Waals surface area (Å²) in [7, 11) is 0. The van der Waals surface area contributed by atoms with Gasteiger partial charge in [0.15, 0.2) is 23.1 Å². The fraction of sp³-hybridized carbons (Fsp3) is 0.429. The third-order valence-corrected chi connectivity index (χ3v) is 8.03. The third kappa shape index (κ3) is 3.07. The number of rotatable bonds is 5. The summed E-state index contributed by atoms with van der Waals surface area (Å²) in [4.78, 5) is 55.7. The van der Waals surface area contributed by atoms with E-state index < -0.39 is 74.1 Å². The molecule has 3 fully saturated rings. The molecule has 0 aromatic rings. The summed E-state index contributed by atoms with van der Waals surface area (Å²) in [5.41, 5.74) is -10.4. The van der Waals surface area contributed by atoms with Gasteiger partial charge in [-0.25, -0.2) is 0 Å². The maximum atomic E-state index is 14.0. The first-order chi connectivity index (χ1) is 16.6. The number of aliphatic hydroxyl groups excluding tert-OH is 2. The van der Waals surface area contributed by atoms with Gasteiger partial charge in [0.2, 0.25) is 0 Å². The van der Waals surface area contributed by atoms with Crippen LogP contribution in [0.2, 0.25) is 0 Å². The second-order valence-electron chi connectivity index (χ2n) is 10.1. The molecule has 8 heteroatoms. The molecule has 4 aliphatic carbocycles. The minimum absolute atomic E-state index is 0.360. The quantitative estimate of drug-likeness (QED) is 0.196. The van der Waals surface area contributed by atoms with Crippen molar-refractivity contribution in [1.29, 1.82) is 0 Å². The molecule has 5 unspecified atom stereocenters. The summed E-state index contributed by atoms with van der Waals surface area (Å²) in [5.74, 6) is -8.63. The molecular formula is C28H32O8. The van der Waals surface area contributed by atoms with E-state index >= 15 is 0 Å². The topological polar surface area (TPSA) is 149 Å². The Bertz CT molecular complexity index is 1240. The average molecular weight is 497 g/mol. The van der Waals surface area contributed by atoms with E-state index in [4.69, 9.17) is 0 Å². The Labute approximate surface area is 209 Å². The van der Waals surface area contributed by atoms with Crippen LogP contribution in [0.25, 0.3) is 0 Å². The summed E-state index contributed by atoms with van der Waals surface area (Å²) in [6.07, 6.45) is 11.4. The highest BCUT2D eigenvalue weighted by atomic mass is 16.3. The molecule has 4 N–H and O–H groups in total. The van der Waals surface area contributed by atoms with Crippen LogP contribution in [0, 0.1) is 22.7 Å². The third-order valence-electron chi connectivity index (χ3n) is 8.03. The number of aliphatic hydroxyl groups is 4. The smallest absolute Gasteiger partial charge is 0.179 e. The molecule has 4 aliphatic rings. The van der Waals surface area contributed by atoms with Crippen molar-refractivity contribution in [2.45, 2.75) is 52.7 Å². The minimum atomic E-state index is -2.49. The summed E-state index contributed by atoms with van der Waals surface area (Å²) >= 11 is 0. The summed E-state index contributed by atoms with van der Waals surface area (Å²) < 4.78 is 0. The Morgan fingerprint density at radius 3 is 1.92 bits per heavy atom. The van der Waals surface area contributed by atoms with Crippen LogP contribution >= 0.6 is 0 Å². The van der Waals surface area contributed by atoms with E-state index in [2.05, 4.69) is 0 Å². The van der Waals surface area contributed by atoms with Gasteiger partial charge in [0, 0.05) is 23.0 Å². The van der Waals surface area contributed by atoms with E-state index in [1.165, 1.54) is 38.2 Å². The van der Waals surface area contributed by atoms with Crippen molar-refractivity contribution >= 4 is 23.1 Å². The lowest BCUT2D eigenvalue weighted by Gasteiger charge is -2.66. The molecule has 0 spiro atoms. The summed E-state index contributed by atoms with van der Waals surface area (Å²) in [6, 6.07) is 0. The zero-order valence-electron chi connectivity index (χ0n) is 21.2. The Hall–Kier alpha value is -3.36. The molecule has 6 atom stereocenters. The lowest BCUT2D eigenvalue weighted by Crippen LogP contribution is -2.82. The van der Waals surface area contributed by atoms with E-state index in [1.807, 2.05) is 0 Å². The second-order valence-corrected chi connectivity index (χ2v) is 10.1. The molecule has 3 saturated carbocycles. The molecule has 0 heterocycles. The van der Waals surface area contributed by atoms with Crippen LogP contribution in [0.1, 0.15) is 41.5 Å². The SMILES string of the molecule is C/C=C/C=C/C(=O)C12C(=O)C(C)=C(O)C(C)(O)C1C1\C(=C(O)/C=C/C=C/C)C(=O)[C@]2(C)C(=O)C1(C)O. The van der Waals surface area contributed by atoms with Gasteiger partial charge in [0.25, 0.3) is 0 Å². The Kier molecular flexibility index (Phi) is 6.53. The molecule has 0 aromatic heterocycles. The van der Waals surface area contributed by atoms with Crippen LogP contribution in [0.4, 0.5) is 0 Å². The number of carbonyl (C=O) groups excluding carboxylic acids is 4. The van der Waals surface area contributed by atoms with Gasteiger partial charge in [-0.2, -0.15) is 0 Å².